The quantitative estimate of drug-likeness (QED) is 0.360. The first kappa shape index (κ1) is 13.7. The number of carbonyl (C=O) groups excluding carboxylic acids is 2. The first-order valence-corrected chi connectivity index (χ1v) is 6.73. The number of rotatable bonds is 3. The first-order chi connectivity index (χ1) is 9.06. The largest absolute Gasteiger partial charge is 0.423 e. The second-order valence-corrected chi connectivity index (χ2v) is 5.23. The molecule has 0 aliphatic carbocycles. The lowest BCUT2D eigenvalue weighted by molar-refractivity contribution is 0.0733. The molecule has 0 aliphatic rings. The summed E-state index contributed by atoms with van der Waals surface area (Å²) in [7, 11) is 0. The van der Waals surface area contributed by atoms with E-state index in [2.05, 4.69) is 22.6 Å². The fraction of sp³-hybridized carbons (Fsp3) is 0.0667. The van der Waals surface area contributed by atoms with Crippen molar-refractivity contribution >= 4 is 34.3 Å². The van der Waals surface area contributed by atoms with Gasteiger partial charge in [0.15, 0.2) is 5.78 Å². The van der Waals surface area contributed by atoms with E-state index in [9.17, 15) is 9.59 Å². The summed E-state index contributed by atoms with van der Waals surface area (Å²) in [4.78, 5) is 23.2. The van der Waals surface area contributed by atoms with Crippen LogP contribution in [-0.2, 0) is 0 Å². The Morgan fingerprint density at radius 1 is 1.00 bits per heavy atom. The van der Waals surface area contributed by atoms with Crippen molar-refractivity contribution in [3.05, 3.63) is 63.2 Å². The molecule has 0 atom stereocenters. The third-order valence-corrected chi connectivity index (χ3v) is 3.18. The zero-order valence-corrected chi connectivity index (χ0v) is 12.4. The molecule has 0 saturated carbocycles. The number of halogens is 1. The minimum absolute atomic E-state index is 0.0628. The molecule has 0 aliphatic heterocycles. The maximum atomic E-state index is 11.9. The molecule has 96 valence electrons. The molecule has 2 aromatic carbocycles. The summed E-state index contributed by atoms with van der Waals surface area (Å²) in [5.41, 5.74) is 1.01. The van der Waals surface area contributed by atoms with Crippen LogP contribution in [0.25, 0.3) is 0 Å². The Morgan fingerprint density at radius 2 is 1.68 bits per heavy atom. The minimum atomic E-state index is -0.431. The van der Waals surface area contributed by atoms with Gasteiger partial charge >= 0.3 is 5.97 Å². The van der Waals surface area contributed by atoms with E-state index in [-0.39, 0.29) is 5.78 Å². The molecular weight excluding hydrogens is 355 g/mol. The molecule has 0 amide bonds. The standard InChI is InChI=1S/C15H11IO3/c1-10(17)11-4-3-7-14(9-11)19-15(18)12-5-2-6-13(16)8-12/h2-9H,1H3. The lowest BCUT2D eigenvalue weighted by Gasteiger charge is -2.05. The number of Topliss-reactive ketones (excluding diaryl/α,β-unsaturated/α-hetero) is 1. The average Bonchev–Trinajstić information content (AvgIpc) is 2.39. The number of ether oxygens (including phenoxy) is 1. The second-order valence-electron chi connectivity index (χ2n) is 3.98. The van der Waals surface area contributed by atoms with Crippen LogP contribution in [0, 0.1) is 3.57 Å². The van der Waals surface area contributed by atoms with Crippen LogP contribution in [0.4, 0.5) is 0 Å². The summed E-state index contributed by atoms with van der Waals surface area (Å²) < 4.78 is 6.21. The van der Waals surface area contributed by atoms with E-state index >= 15 is 0 Å². The summed E-state index contributed by atoms with van der Waals surface area (Å²) >= 11 is 2.13. The van der Waals surface area contributed by atoms with Crippen LogP contribution >= 0.6 is 22.6 Å². The molecular formula is C15H11IO3. The molecule has 2 rings (SSSR count). The predicted molar refractivity (Wildman–Crippen MR) is 80.6 cm³/mol. The number of hydrogen-bond donors (Lipinski definition) is 0. The maximum absolute atomic E-state index is 11.9. The Kier molecular flexibility index (Phi) is 4.31. The molecule has 2 aromatic rings. The van der Waals surface area contributed by atoms with E-state index in [4.69, 9.17) is 4.74 Å². The van der Waals surface area contributed by atoms with Crippen LogP contribution in [0.3, 0.4) is 0 Å². The smallest absolute Gasteiger partial charge is 0.343 e. The van der Waals surface area contributed by atoms with Crippen molar-refractivity contribution < 1.29 is 14.3 Å². The summed E-state index contributed by atoms with van der Waals surface area (Å²) in [6.45, 7) is 1.47. The fourth-order valence-electron chi connectivity index (χ4n) is 1.56. The van der Waals surface area contributed by atoms with Crippen molar-refractivity contribution in [1.82, 2.24) is 0 Å². The van der Waals surface area contributed by atoms with Gasteiger partial charge < -0.3 is 4.74 Å². The molecule has 19 heavy (non-hydrogen) atoms. The van der Waals surface area contributed by atoms with E-state index in [1.807, 2.05) is 6.07 Å². The van der Waals surface area contributed by atoms with Gasteiger partial charge in [0.25, 0.3) is 0 Å². The maximum Gasteiger partial charge on any atom is 0.343 e. The average molecular weight is 366 g/mol. The van der Waals surface area contributed by atoms with Crippen molar-refractivity contribution in [3.63, 3.8) is 0 Å². The van der Waals surface area contributed by atoms with Crippen LogP contribution in [0.15, 0.2) is 48.5 Å². The van der Waals surface area contributed by atoms with Crippen molar-refractivity contribution in [2.24, 2.45) is 0 Å². The van der Waals surface area contributed by atoms with Gasteiger partial charge in [-0.25, -0.2) is 4.79 Å². The highest BCUT2D eigenvalue weighted by molar-refractivity contribution is 14.1. The number of esters is 1. The number of ketones is 1. The molecule has 0 saturated heterocycles. The zero-order chi connectivity index (χ0) is 13.8. The first-order valence-electron chi connectivity index (χ1n) is 5.65. The van der Waals surface area contributed by atoms with Crippen molar-refractivity contribution in [2.75, 3.05) is 0 Å². The molecule has 0 fully saturated rings. The van der Waals surface area contributed by atoms with Gasteiger partial charge in [-0.2, -0.15) is 0 Å². The van der Waals surface area contributed by atoms with Gasteiger partial charge in [-0.1, -0.05) is 18.2 Å². The van der Waals surface area contributed by atoms with E-state index in [1.165, 1.54) is 6.92 Å². The van der Waals surface area contributed by atoms with E-state index in [0.29, 0.717) is 16.9 Å². The lowest BCUT2D eigenvalue weighted by atomic mass is 10.1. The summed E-state index contributed by atoms with van der Waals surface area (Å²) in [5, 5.41) is 0. The van der Waals surface area contributed by atoms with Crippen LogP contribution in [0.1, 0.15) is 27.6 Å². The Labute approximate surface area is 124 Å². The lowest BCUT2D eigenvalue weighted by Crippen LogP contribution is -2.09. The van der Waals surface area contributed by atoms with E-state index in [1.54, 1.807) is 42.5 Å². The SMILES string of the molecule is CC(=O)c1cccc(OC(=O)c2cccc(I)c2)c1. The minimum Gasteiger partial charge on any atom is -0.423 e. The van der Waals surface area contributed by atoms with Gasteiger partial charge in [-0.15, -0.1) is 0 Å². The molecule has 3 nitrogen and oxygen atoms in total. The van der Waals surface area contributed by atoms with E-state index in [0.717, 1.165) is 3.57 Å². The molecule has 0 radical (unpaired) electrons. The third kappa shape index (κ3) is 3.64. The zero-order valence-electron chi connectivity index (χ0n) is 10.2. The van der Waals surface area contributed by atoms with Gasteiger partial charge in [0, 0.05) is 9.13 Å². The van der Waals surface area contributed by atoms with Crippen LogP contribution < -0.4 is 4.74 Å². The van der Waals surface area contributed by atoms with Crippen LogP contribution in [-0.4, -0.2) is 11.8 Å². The van der Waals surface area contributed by atoms with Crippen LogP contribution in [0.5, 0.6) is 5.75 Å². The van der Waals surface area contributed by atoms with Gasteiger partial charge in [0.1, 0.15) is 5.75 Å². The second kappa shape index (κ2) is 5.97. The Hall–Kier alpha value is -1.69. The predicted octanol–water partition coefficient (Wildman–Crippen LogP) is 3.71. The molecule has 0 aromatic heterocycles. The van der Waals surface area contributed by atoms with Gasteiger partial charge in [0.2, 0.25) is 0 Å². The van der Waals surface area contributed by atoms with Crippen molar-refractivity contribution in [3.8, 4) is 5.75 Å². The van der Waals surface area contributed by atoms with Gasteiger partial charge in [-0.3, -0.25) is 4.79 Å². The number of benzene rings is 2. The molecule has 0 heterocycles. The number of carbonyl (C=O) groups is 2. The summed E-state index contributed by atoms with van der Waals surface area (Å²) in [6.07, 6.45) is 0. The van der Waals surface area contributed by atoms with Gasteiger partial charge in [0.05, 0.1) is 5.56 Å². The van der Waals surface area contributed by atoms with E-state index < -0.39 is 5.97 Å². The highest BCUT2D eigenvalue weighted by Crippen LogP contribution is 2.16. The van der Waals surface area contributed by atoms with Crippen LogP contribution in [0.2, 0.25) is 0 Å². The molecule has 0 spiro atoms. The number of hydrogen-bond acceptors (Lipinski definition) is 3. The Morgan fingerprint density at radius 3 is 2.37 bits per heavy atom. The molecule has 0 bridgehead atoms. The molecule has 0 N–H and O–H groups in total. The van der Waals surface area contributed by atoms with Crippen molar-refractivity contribution in [1.29, 1.82) is 0 Å². The molecule has 4 heteroatoms. The monoisotopic (exact) mass is 366 g/mol. The Balaban J connectivity index is 2.19. The highest BCUT2D eigenvalue weighted by atomic mass is 127. The summed E-state index contributed by atoms with van der Waals surface area (Å²) in [5.74, 6) is -0.122. The fourth-order valence-corrected chi connectivity index (χ4v) is 2.10. The molecule has 0 unspecified atom stereocenters. The highest BCUT2D eigenvalue weighted by Gasteiger charge is 2.09. The Bertz CT molecular complexity index is 635. The summed E-state index contributed by atoms with van der Waals surface area (Å²) in [6, 6.07) is 13.7. The topological polar surface area (TPSA) is 43.4 Å². The van der Waals surface area contributed by atoms with Crippen molar-refractivity contribution in [2.45, 2.75) is 6.92 Å². The normalized spacial score (nSPS) is 10.0. The van der Waals surface area contributed by atoms with Gasteiger partial charge in [-0.05, 0) is 59.8 Å². The third-order valence-electron chi connectivity index (χ3n) is 2.51.